The Balaban J connectivity index is 1.42. The number of nitrogens with zero attached hydrogens (tertiary/aromatic N) is 4. The molecule has 0 bridgehead atoms. The maximum Gasteiger partial charge on any atom is 0.163 e. The summed E-state index contributed by atoms with van der Waals surface area (Å²) >= 11 is 0. The highest BCUT2D eigenvalue weighted by Gasteiger charge is 2.27. The number of nitrogens with two attached hydrogens (primary N) is 2. The number of ketones is 2. The highest BCUT2D eigenvalue weighted by molar-refractivity contribution is 5.83. The number of hydrogen-bond donors (Lipinski definition) is 3. The molecule has 5 N–H and O–H groups in total. The molecule has 0 saturated heterocycles. The van der Waals surface area contributed by atoms with E-state index in [0.29, 0.717) is 24.0 Å². The SMILES string of the molecule is CC(C)(CCC(=O)CC(N)Cc1cc(F)ccc1F)CCC(=O)C(O)C(N)Cn1cnc2cncnc21. The molecule has 3 unspecified atom stereocenters. The van der Waals surface area contributed by atoms with E-state index in [2.05, 4.69) is 15.0 Å². The van der Waals surface area contributed by atoms with Crippen molar-refractivity contribution in [3.63, 3.8) is 0 Å². The first-order chi connectivity index (χ1) is 17.4. The van der Waals surface area contributed by atoms with Gasteiger partial charge in [0.05, 0.1) is 18.6 Å². The Morgan fingerprint density at radius 1 is 1.14 bits per heavy atom. The van der Waals surface area contributed by atoms with Crippen molar-refractivity contribution in [3.05, 3.63) is 54.2 Å². The smallest absolute Gasteiger partial charge is 0.163 e. The Bertz CT molecular complexity index is 1230. The van der Waals surface area contributed by atoms with E-state index in [9.17, 15) is 23.5 Å². The molecule has 3 aromatic rings. The molecule has 0 radical (unpaired) electrons. The number of fused-ring (bicyclic) bond motifs is 1. The first kappa shape index (κ1) is 28.4. The second-order valence-electron chi connectivity index (χ2n) is 10.3. The summed E-state index contributed by atoms with van der Waals surface area (Å²) in [5, 5.41) is 10.5. The van der Waals surface area contributed by atoms with E-state index in [4.69, 9.17) is 11.5 Å². The number of Topliss-reactive ketones (excluding diaryl/α,β-unsaturated/α-hetero) is 2. The number of carbonyl (C=O) groups is 2. The summed E-state index contributed by atoms with van der Waals surface area (Å²) in [4.78, 5) is 37.3. The number of rotatable bonds is 14. The second kappa shape index (κ2) is 12.4. The van der Waals surface area contributed by atoms with E-state index < -0.39 is 29.8 Å². The molecular formula is C26H34F2N6O3. The van der Waals surface area contributed by atoms with Gasteiger partial charge < -0.3 is 21.1 Å². The van der Waals surface area contributed by atoms with Crippen LogP contribution in [0.4, 0.5) is 8.78 Å². The van der Waals surface area contributed by atoms with E-state index in [1.54, 1.807) is 10.8 Å². The lowest BCUT2D eigenvalue weighted by Crippen LogP contribution is -2.43. The van der Waals surface area contributed by atoms with Crippen LogP contribution in [0.2, 0.25) is 0 Å². The van der Waals surface area contributed by atoms with Gasteiger partial charge in [0.25, 0.3) is 0 Å². The number of aliphatic hydroxyl groups is 1. The largest absolute Gasteiger partial charge is 0.384 e. The van der Waals surface area contributed by atoms with Crippen LogP contribution < -0.4 is 11.5 Å². The van der Waals surface area contributed by atoms with Crippen molar-refractivity contribution in [2.45, 2.75) is 77.1 Å². The fraction of sp³-hybridized carbons (Fsp3) is 0.500. The maximum atomic E-state index is 13.8. The standard InChI is InChI=1S/C26H34F2N6O3/c1-26(2,7-5-19(35)11-18(29)10-16-9-17(27)3-4-20(16)28)8-6-23(36)24(37)21(30)13-34-15-33-22-12-31-14-32-25(22)34/h3-4,9,12,14-15,18,21,24,37H,5-8,10-11,13,29-30H2,1-2H3. The molecule has 11 heteroatoms. The van der Waals surface area contributed by atoms with Crippen LogP contribution in [-0.4, -0.2) is 54.4 Å². The van der Waals surface area contributed by atoms with Crippen LogP contribution in [0.1, 0.15) is 51.5 Å². The van der Waals surface area contributed by atoms with E-state index in [0.717, 1.165) is 18.2 Å². The zero-order chi connectivity index (χ0) is 27.2. The van der Waals surface area contributed by atoms with Gasteiger partial charge in [0.15, 0.2) is 11.4 Å². The number of carbonyl (C=O) groups excluding carboxylic acids is 2. The van der Waals surface area contributed by atoms with E-state index >= 15 is 0 Å². The van der Waals surface area contributed by atoms with E-state index in [1.807, 2.05) is 13.8 Å². The zero-order valence-electron chi connectivity index (χ0n) is 21.1. The third-order valence-corrected chi connectivity index (χ3v) is 6.53. The van der Waals surface area contributed by atoms with E-state index in [-0.39, 0.29) is 54.8 Å². The minimum atomic E-state index is -1.35. The molecule has 2 heterocycles. The lowest BCUT2D eigenvalue weighted by atomic mass is 9.81. The van der Waals surface area contributed by atoms with Crippen LogP contribution in [0.15, 0.2) is 37.1 Å². The number of imidazole rings is 1. The predicted octanol–water partition coefficient (Wildman–Crippen LogP) is 2.48. The van der Waals surface area contributed by atoms with Crippen LogP contribution in [0.3, 0.4) is 0 Å². The quantitative estimate of drug-likeness (QED) is 0.296. The number of aromatic nitrogens is 4. The second-order valence-corrected chi connectivity index (χ2v) is 10.3. The average molecular weight is 517 g/mol. The molecule has 1 aromatic carbocycles. The molecule has 2 aromatic heterocycles. The third kappa shape index (κ3) is 8.17. The number of aliphatic hydroxyl groups excluding tert-OH is 1. The number of hydrogen-bond acceptors (Lipinski definition) is 8. The summed E-state index contributed by atoms with van der Waals surface area (Å²) in [7, 11) is 0. The van der Waals surface area contributed by atoms with Crippen LogP contribution in [0.5, 0.6) is 0 Å². The Kier molecular flexibility index (Phi) is 9.52. The van der Waals surface area contributed by atoms with Crippen molar-refractivity contribution >= 4 is 22.7 Å². The Hall–Kier alpha value is -3.15. The van der Waals surface area contributed by atoms with Crippen molar-refractivity contribution < 1.29 is 23.5 Å². The summed E-state index contributed by atoms with van der Waals surface area (Å²) in [6, 6.07) is 1.71. The molecule has 200 valence electrons. The van der Waals surface area contributed by atoms with Crippen molar-refractivity contribution in [2.24, 2.45) is 16.9 Å². The summed E-state index contributed by atoms with van der Waals surface area (Å²) in [6.07, 6.45) is 4.59. The molecule has 0 amide bonds. The van der Waals surface area contributed by atoms with Gasteiger partial charge >= 0.3 is 0 Å². The van der Waals surface area contributed by atoms with Gasteiger partial charge in [0, 0.05) is 31.8 Å². The van der Waals surface area contributed by atoms with Gasteiger partial charge in [-0.25, -0.2) is 23.7 Å². The monoisotopic (exact) mass is 516 g/mol. The van der Waals surface area contributed by atoms with Crippen molar-refractivity contribution in [1.82, 2.24) is 19.5 Å². The molecular weight excluding hydrogens is 482 g/mol. The van der Waals surface area contributed by atoms with Gasteiger partial charge in [-0.3, -0.25) is 9.59 Å². The minimum absolute atomic E-state index is 0.0480. The van der Waals surface area contributed by atoms with Gasteiger partial charge in [0.2, 0.25) is 0 Å². The Labute approximate surface area is 214 Å². The predicted molar refractivity (Wildman–Crippen MR) is 134 cm³/mol. The molecule has 0 aliphatic heterocycles. The molecule has 0 saturated carbocycles. The van der Waals surface area contributed by atoms with Crippen LogP contribution in [0, 0.1) is 17.0 Å². The van der Waals surface area contributed by atoms with Crippen LogP contribution in [-0.2, 0) is 22.6 Å². The van der Waals surface area contributed by atoms with Crippen molar-refractivity contribution in [2.75, 3.05) is 0 Å². The van der Waals surface area contributed by atoms with Crippen molar-refractivity contribution in [3.8, 4) is 0 Å². The zero-order valence-corrected chi connectivity index (χ0v) is 21.1. The van der Waals surface area contributed by atoms with Crippen molar-refractivity contribution in [1.29, 1.82) is 0 Å². The summed E-state index contributed by atoms with van der Waals surface area (Å²) in [6.45, 7) is 4.05. The third-order valence-electron chi connectivity index (χ3n) is 6.53. The molecule has 0 aliphatic carbocycles. The number of benzene rings is 1. The molecule has 0 fully saturated rings. The first-order valence-electron chi connectivity index (χ1n) is 12.2. The Morgan fingerprint density at radius 3 is 2.62 bits per heavy atom. The van der Waals surface area contributed by atoms with Crippen LogP contribution in [0.25, 0.3) is 11.2 Å². The molecule has 9 nitrogen and oxygen atoms in total. The molecule has 37 heavy (non-hydrogen) atoms. The van der Waals surface area contributed by atoms with Gasteiger partial charge in [-0.2, -0.15) is 0 Å². The molecule has 0 aliphatic rings. The lowest BCUT2D eigenvalue weighted by molar-refractivity contribution is -0.128. The summed E-state index contributed by atoms with van der Waals surface area (Å²) < 4.78 is 28.8. The van der Waals surface area contributed by atoms with Gasteiger partial charge in [0.1, 0.15) is 35.4 Å². The highest BCUT2D eigenvalue weighted by Crippen LogP contribution is 2.29. The minimum Gasteiger partial charge on any atom is -0.384 e. The molecule has 0 spiro atoms. The summed E-state index contributed by atoms with van der Waals surface area (Å²) in [5.74, 6) is -1.56. The summed E-state index contributed by atoms with van der Waals surface area (Å²) in [5.41, 5.74) is 13.1. The average Bonchev–Trinajstić information content (AvgIpc) is 3.26. The normalized spacial score (nSPS) is 14.5. The van der Waals surface area contributed by atoms with E-state index in [1.165, 1.54) is 12.7 Å². The lowest BCUT2D eigenvalue weighted by Gasteiger charge is -2.25. The first-order valence-corrected chi connectivity index (χ1v) is 12.2. The topological polar surface area (TPSA) is 150 Å². The number of halogens is 2. The van der Waals surface area contributed by atoms with Gasteiger partial charge in [-0.05, 0) is 48.4 Å². The highest BCUT2D eigenvalue weighted by atomic mass is 19.1. The Morgan fingerprint density at radius 2 is 1.86 bits per heavy atom. The maximum absolute atomic E-state index is 13.8. The molecule has 3 rings (SSSR count). The van der Waals surface area contributed by atoms with Gasteiger partial charge in [-0.1, -0.05) is 13.8 Å². The fourth-order valence-corrected chi connectivity index (χ4v) is 4.18. The van der Waals surface area contributed by atoms with Gasteiger partial charge in [-0.15, -0.1) is 0 Å². The van der Waals surface area contributed by atoms with Crippen LogP contribution >= 0.6 is 0 Å². The molecule has 3 atom stereocenters. The fourth-order valence-electron chi connectivity index (χ4n) is 4.18.